The number of hydrogen-bond donors (Lipinski definition) is 2. The molecule has 0 aliphatic carbocycles. The molecule has 3 N–H and O–H groups in total. The minimum absolute atomic E-state index is 0.000453. The monoisotopic (exact) mass is 348 g/mol. The van der Waals surface area contributed by atoms with E-state index in [1.165, 1.54) is 0 Å². The van der Waals surface area contributed by atoms with E-state index in [0.717, 1.165) is 24.6 Å². The van der Waals surface area contributed by atoms with Crippen molar-refractivity contribution in [3.05, 3.63) is 54.1 Å². The van der Waals surface area contributed by atoms with Crippen molar-refractivity contribution in [2.75, 3.05) is 11.9 Å². The zero-order valence-electron chi connectivity index (χ0n) is 13.4. The number of carbonyl (C=O) groups excluding carboxylic acids is 1. The maximum absolute atomic E-state index is 13.3. The van der Waals surface area contributed by atoms with Crippen molar-refractivity contribution < 1.29 is 23.0 Å². The van der Waals surface area contributed by atoms with Crippen LogP contribution in [0.25, 0.3) is 0 Å². The molecule has 7 heteroatoms. The Bertz CT molecular complexity index is 749. The molecular weight excluding hydrogens is 330 g/mol. The summed E-state index contributed by atoms with van der Waals surface area (Å²) in [6.07, 6.45) is 0.631. The van der Waals surface area contributed by atoms with Crippen molar-refractivity contribution in [1.82, 2.24) is 0 Å². The number of ether oxygens (including phenoxy) is 2. The Morgan fingerprint density at radius 2 is 1.92 bits per heavy atom. The van der Waals surface area contributed by atoms with Crippen molar-refractivity contribution in [3.8, 4) is 11.5 Å². The third-order valence-electron chi connectivity index (χ3n) is 3.87. The van der Waals surface area contributed by atoms with Gasteiger partial charge in [0.15, 0.2) is 5.75 Å². The van der Waals surface area contributed by atoms with Gasteiger partial charge >= 0.3 is 0 Å². The molecule has 132 valence electrons. The predicted molar refractivity (Wildman–Crippen MR) is 88.5 cm³/mol. The second-order valence-electron chi connectivity index (χ2n) is 5.75. The molecule has 1 aliphatic rings. The highest BCUT2D eigenvalue weighted by Gasteiger charge is 2.30. The first kappa shape index (κ1) is 17.3. The number of hydrogen-bond acceptors (Lipinski definition) is 4. The quantitative estimate of drug-likeness (QED) is 0.870. The van der Waals surface area contributed by atoms with Crippen molar-refractivity contribution in [1.29, 1.82) is 0 Å². The van der Waals surface area contributed by atoms with Crippen LogP contribution in [0.1, 0.15) is 12.8 Å². The van der Waals surface area contributed by atoms with Crippen LogP contribution < -0.4 is 15.8 Å². The second-order valence-corrected chi connectivity index (χ2v) is 5.75. The molecule has 1 heterocycles. The fourth-order valence-electron chi connectivity index (χ4n) is 2.66. The van der Waals surface area contributed by atoms with Gasteiger partial charge < -0.3 is 20.5 Å². The molecule has 1 aliphatic heterocycles. The number of para-hydroxylation sites is 2. The summed E-state index contributed by atoms with van der Waals surface area (Å²) in [5, 5.41) is 2.73. The topological polar surface area (TPSA) is 73.6 Å². The molecule has 1 amide bonds. The lowest BCUT2D eigenvalue weighted by Gasteiger charge is -2.15. The number of halogens is 2. The Morgan fingerprint density at radius 1 is 1.20 bits per heavy atom. The highest BCUT2D eigenvalue weighted by molar-refractivity contribution is 5.95. The van der Waals surface area contributed by atoms with Gasteiger partial charge in [-0.2, -0.15) is 0 Å². The van der Waals surface area contributed by atoms with Gasteiger partial charge in [0.2, 0.25) is 0 Å². The van der Waals surface area contributed by atoms with Crippen LogP contribution in [-0.4, -0.2) is 24.7 Å². The number of rotatable bonds is 5. The lowest BCUT2D eigenvalue weighted by atomic mass is 10.2. The molecule has 0 aromatic heterocycles. The second kappa shape index (κ2) is 7.58. The number of anilines is 1. The van der Waals surface area contributed by atoms with E-state index >= 15 is 0 Å². The van der Waals surface area contributed by atoms with Crippen molar-refractivity contribution >= 4 is 11.6 Å². The van der Waals surface area contributed by atoms with E-state index in [2.05, 4.69) is 5.32 Å². The van der Waals surface area contributed by atoms with E-state index < -0.39 is 17.7 Å². The van der Waals surface area contributed by atoms with Gasteiger partial charge in [0.05, 0.1) is 11.8 Å². The average Bonchev–Trinajstić information content (AvgIpc) is 3.05. The molecule has 25 heavy (non-hydrogen) atoms. The third kappa shape index (κ3) is 4.32. The predicted octanol–water partition coefficient (Wildman–Crippen LogP) is 3.20. The summed E-state index contributed by atoms with van der Waals surface area (Å²) in [6, 6.07) is 9.52. The van der Waals surface area contributed by atoms with E-state index in [1.54, 1.807) is 24.3 Å². The average molecular weight is 348 g/mol. The molecule has 1 saturated heterocycles. The molecule has 5 nitrogen and oxygen atoms in total. The molecule has 2 aromatic carbocycles. The molecule has 0 radical (unpaired) electrons. The van der Waals surface area contributed by atoms with Crippen LogP contribution in [-0.2, 0) is 9.53 Å². The van der Waals surface area contributed by atoms with E-state index in [9.17, 15) is 13.6 Å². The van der Waals surface area contributed by atoms with Gasteiger partial charge in [0.25, 0.3) is 5.91 Å². The normalized spacial score (nSPS) is 19.6. The maximum atomic E-state index is 13.3. The van der Waals surface area contributed by atoms with Crippen LogP contribution in [0.2, 0.25) is 0 Å². The van der Waals surface area contributed by atoms with Gasteiger partial charge in [-0.15, -0.1) is 0 Å². The van der Waals surface area contributed by atoms with Crippen molar-refractivity contribution in [3.63, 3.8) is 0 Å². The Labute approximate surface area is 143 Å². The first-order valence-electron chi connectivity index (χ1n) is 7.94. The number of carbonyl (C=O) groups is 1. The van der Waals surface area contributed by atoms with Crippen LogP contribution in [0.3, 0.4) is 0 Å². The van der Waals surface area contributed by atoms with Gasteiger partial charge in [-0.1, -0.05) is 12.1 Å². The van der Waals surface area contributed by atoms with Gasteiger partial charge in [-0.05, 0) is 25.0 Å². The molecule has 0 saturated carbocycles. The Morgan fingerprint density at radius 3 is 2.60 bits per heavy atom. The van der Waals surface area contributed by atoms with Crippen LogP contribution in [0.5, 0.6) is 11.5 Å². The lowest BCUT2D eigenvalue weighted by Crippen LogP contribution is -2.29. The lowest BCUT2D eigenvalue weighted by molar-refractivity contribution is -0.126. The number of benzene rings is 2. The van der Waals surface area contributed by atoms with Crippen LogP contribution in [0.15, 0.2) is 42.5 Å². The van der Waals surface area contributed by atoms with Gasteiger partial charge in [0.1, 0.15) is 23.5 Å². The highest BCUT2D eigenvalue weighted by Crippen LogP contribution is 2.31. The summed E-state index contributed by atoms with van der Waals surface area (Å²) in [6.45, 7) is 0.370. The van der Waals surface area contributed by atoms with Crippen LogP contribution in [0, 0.1) is 11.6 Å². The van der Waals surface area contributed by atoms with Crippen molar-refractivity contribution in [2.24, 2.45) is 5.73 Å². The summed E-state index contributed by atoms with van der Waals surface area (Å²) in [5.41, 5.74) is 5.93. The minimum Gasteiger partial charge on any atom is -0.455 e. The van der Waals surface area contributed by atoms with Crippen LogP contribution >= 0.6 is 0 Å². The molecule has 0 bridgehead atoms. The largest absolute Gasteiger partial charge is 0.455 e. The smallest absolute Gasteiger partial charge is 0.253 e. The SMILES string of the molecule is NC[C@H]1CC[C@@H](C(=O)Nc2ccccc2Oc2cc(F)cc(F)c2)O1. The molecule has 1 fully saturated rings. The summed E-state index contributed by atoms with van der Waals surface area (Å²) in [7, 11) is 0. The van der Waals surface area contributed by atoms with Crippen molar-refractivity contribution in [2.45, 2.75) is 25.0 Å². The van der Waals surface area contributed by atoms with Gasteiger partial charge in [0, 0.05) is 24.7 Å². The summed E-state index contributed by atoms with van der Waals surface area (Å²) in [5.74, 6) is -1.53. The van der Waals surface area contributed by atoms with E-state index in [-0.39, 0.29) is 23.5 Å². The van der Waals surface area contributed by atoms with Crippen LogP contribution in [0.4, 0.5) is 14.5 Å². The van der Waals surface area contributed by atoms with E-state index in [4.69, 9.17) is 15.2 Å². The standard InChI is InChI=1S/C18H18F2N2O3/c19-11-7-12(20)9-14(8-11)25-16-4-2-1-3-15(16)22-18(23)17-6-5-13(10-21)24-17/h1-4,7-9,13,17H,5-6,10,21H2,(H,22,23)/t13-,17+/m1/s1. The van der Waals surface area contributed by atoms with Gasteiger partial charge in [-0.25, -0.2) is 8.78 Å². The summed E-state index contributed by atoms with van der Waals surface area (Å²) in [4.78, 5) is 12.3. The number of amides is 1. The fourth-order valence-corrected chi connectivity index (χ4v) is 2.66. The van der Waals surface area contributed by atoms with E-state index in [1.807, 2.05) is 0 Å². The molecule has 2 aromatic rings. The fraction of sp³-hybridized carbons (Fsp3) is 0.278. The molecule has 2 atom stereocenters. The summed E-state index contributed by atoms with van der Waals surface area (Å²) < 4.78 is 37.7. The Kier molecular flexibility index (Phi) is 5.25. The third-order valence-corrected chi connectivity index (χ3v) is 3.87. The first-order valence-corrected chi connectivity index (χ1v) is 7.94. The number of nitrogens with two attached hydrogens (primary N) is 1. The zero-order chi connectivity index (χ0) is 17.8. The maximum Gasteiger partial charge on any atom is 0.253 e. The van der Waals surface area contributed by atoms with E-state index in [0.29, 0.717) is 18.7 Å². The Balaban J connectivity index is 1.73. The highest BCUT2D eigenvalue weighted by atomic mass is 19.1. The summed E-state index contributed by atoms with van der Waals surface area (Å²) >= 11 is 0. The minimum atomic E-state index is -0.747. The Hall–Kier alpha value is -2.51. The zero-order valence-corrected chi connectivity index (χ0v) is 13.4. The molecule has 3 rings (SSSR count). The van der Waals surface area contributed by atoms with Gasteiger partial charge in [-0.3, -0.25) is 4.79 Å². The first-order chi connectivity index (χ1) is 12.0. The molecular formula is C18H18F2N2O3. The molecule has 0 unspecified atom stereocenters. The molecule has 0 spiro atoms. The number of nitrogens with one attached hydrogen (secondary N) is 1.